The predicted octanol–water partition coefficient (Wildman–Crippen LogP) is 2.39. The van der Waals surface area contributed by atoms with Gasteiger partial charge in [0.15, 0.2) is 0 Å². The van der Waals surface area contributed by atoms with Crippen molar-refractivity contribution in [1.29, 1.82) is 0 Å². The first-order valence-corrected chi connectivity index (χ1v) is 6.12. The summed E-state index contributed by atoms with van der Waals surface area (Å²) in [5, 5.41) is 0. The molecule has 0 fully saturated rings. The monoisotopic (exact) mass is 256 g/mol. The van der Waals surface area contributed by atoms with Crippen LogP contribution in [0.15, 0.2) is 53.3 Å². The molecule has 2 aromatic rings. The van der Waals surface area contributed by atoms with Gasteiger partial charge in [-0.25, -0.2) is 0 Å². The van der Waals surface area contributed by atoms with Crippen LogP contribution in [-0.4, -0.2) is 29.4 Å². The van der Waals surface area contributed by atoms with Crippen molar-refractivity contribution in [3.05, 3.63) is 60.3 Å². The largest absolute Gasteiger partial charge is 0.465 e. The molecule has 0 aliphatic carbocycles. The Labute approximate surface area is 112 Å². The third-order valence-electron chi connectivity index (χ3n) is 2.74. The van der Waals surface area contributed by atoms with Gasteiger partial charge in [-0.15, -0.1) is 0 Å². The van der Waals surface area contributed by atoms with Crippen molar-refractivity contribution in [1.82, 2.24) is 9.88 Å². The van der Waals surface area contributed by atoms with Crippen molar-refractivity contribution in [2.24, 2.45) is 0 Å². The number of carbonyl (C=O) groups is 1. The highest BCUT2D eigenvalue weighted by atomic mass is 16.3. The second-order valence-electron chi connectivity index (χ2n) is 4.18. The Morgan fingerprint density at radius 1 is 1.37 bits per heavy atom. The maximum Gasteiger partial charge on any atom is 0.246 e. The average molecular weight is 256 g/mol. The normalized spacial score (nSPS) is 10.8. The van der Waals surface area contributed by atoms with Gasteiger partial charge in [0.25, 0.3) is 0 Å². The number of rotatable bonds is 5. The second-order valence-corrected chi connectivity index (χ2v) is 4.18. The second kappa shape index (κ2) is 6.54. The molecule has 0 aliphatic heterocycles. The first-order valence-electron chi connectivity index (χ1n) is 6.12. The Hall–Kier alpha value is -2.36. The van der Waals surface area contributed by atoms with Gasteiger partial charge in [0.1, 0.15) is 5.76 Å². The fourth-order valence-corrected chi connectivity index (χ4v) is 1.61. The molecule has 0 unspecified atom stereocenters. The SMILES string of the molecule is CN(CCc1ccccn1)C(=O)/C=C/c1ccco1. The number of furan rings is 1. The first-order chi connectivity index (χ1) is 9.25. The lowest BCUT2D eigenvalue weighted by molar-refractivity contribution is -0.124. The number of carbonyl (C=O) groups excluding carboxylic acids is 1. The Kier molecular flexibility index (Phi) is 4.50. The van der Waals surface area contributed by atoms with E-state index in [0.717, 1.165) is 12.1 Å². The molecular weight excluding hydrogens is 240 g/mol. The highest BCUT2D eigenvalue weighted by Crippen LogP contribution is 2.03. The average Bonchev–Trinajstić information content (AvgIpc) is 2.96. The molecule has 19 heavy (non-hydrogen) atoms. The summed E-state index contributed by atoms with van der Waals surface area (Å²) in [6.07, 6.45) is 7.26. The van der Waals surface area contributed by atoms with Crippen molar-refractivity contribution in [2.45, 2.75) is 6.42 Å². The van der Waals surface area contributed by atoms with Crippen LogP contribution in [0.3, 0.4) is 0 Å². The van der Waals surface area contributed by atoms with Crippen LogP contribution in [-0.2, 0) is 11.2 Å². The van der Waals surface area contributed by atoms with Crippen LogP contribution in [0.25, 0.3) is 6.08 Å². The van der Waals surface area contributed by atoms with Crippen molar-refractivity contribution in [3.8, 4) is 0 Å². The lowest BCUT2D eigenvalue weighted by Crippen LogP contribution is -2.27. The van der Waals surface area contributed by atoms with Gasteiger partial charge in [0.05, 0.1) is 6.26 Å². The molecule has 0 N–H and O–H groups in total. The van der Waals surface area contributed by atoms with E-state index in [1.165, 1.54) is 6.08 Å². The highest BCUT2D eigenvalue weighted by molar-refractivity contribution is 5.91. The predicted molar refractivity (Wildman–Crippen MR) is 73.3 cm³/mol. The van der Waals surface area contributed by atoms with Crippen LogP contribution >= 0.6 is 0 Å². The number of nitrogens with zero attached hydrogens (tertiary/aromatic N) is 2. The van der Waals surface area contributed by atoms with Gasteiger partial charge in [-0.05, 0) is 30.3 Å². The molecule has 98 valence electrons. The molecule has 2 aromatic heterocycles. The molecule has 4 nitrogen and oxygen atoms in total. The molecule has 0 aliphatic rings. The lowest BCUT2D eigenvalue weighted by Gasteiger charge is -2.14. The Morgan fingerprint density at radius 3 is 2.95 bits per heavy atom. The standard InChI is InChI=1S/C15H16N2O2/c1-17(11-9-13-5-2-3-10-16-13)15(18)8-7-14-6-4-12-19-14/h2-8,10,12H,9,11H2,1H3/b8-7+. The number of pyridine rings is 1. The van der Waals surface area contributed by atoms with Crippen LogP contribution in [0.5, 0.6) is 0 Å². The molecule has 1 amide bonds. The molecule has 0 saturated heterocycles. The van der Waals surface area contributed by atoms with Crippen LogP contribution in [0.4, 0.5) is 0 Å². The quantitative estimate of drug-likeness (QED) is 0.772. The molecule has 2 rings (SSSR count). The number of hydrogen-bond donors (Lipinski definition) is 0. The molecule has 4 heteroatoms. The molecule has 0 atom stereocenters. The smallest absolute Gasteiger partial charge is 0.246 e. The number of hydrogen-bond acceptors (Lipinski definition) is 3. The van der Waals surface area contributed by atoms with Gasteiger partial charge < -0.3 is 9.32 Å². The molecule has 0 radical (unpaired) electrons. The summed E-state index contributed by atoms with van der Waals surface area (Å²) in [5.41, 5.74) is 0.983. The summed E-state index contributed by atoms with van der Waals surface area (Å²) in [5.74, 6) is 0.624. The van der Waals surface area contributed by atoms with E-state index in [2.05, 4.69) is 4.98 Å². The highest BCUT2D eigenvalue weighted by Gasteiger charge is 2.05. The molecule has 0 spiro atoms. The van der Waals surface area contributed by atoms with Gasteiger partial charge in [-0.2, -0.15) is 0 Å². The maximum atomic E-state index is 11.8. The fraction of sp³-hybridized carbons (Fsp3) is 0.200. The zero-order valence-corrected chi connectivity index (χ0v) is 10.8. The minimum atomic E-state index is -0.0488. The van der Waals surface area contributed by atoms with Gasteiger partial charge >= 0.3 is 0 Å². The number of likely N-dealkylation sites (N-methyl/N-ethyl adjacent to an activating group) is 1. The minimum absolute atomic E-state index is 0.0488. The fourth-order valence-electron chi connectivity index (χ4n) is 1.61. The third-order valence-corrected chi connectivity index (χ3v) is 2.74. The lowest BCUT2D eigenvalue weighted by atomic mass is 10.2. The van der Waals surface area contributed by atoms with E-state index >= 15 is 0 Å². The molecular formula is C15H16N2O2. The van der Waals surface area contributed by atoms with E-state index in [0.29, 0.717) is 12.3 Å². The van der Waals surface area contributed by atoms with E-state index in [9.17, 15) is 4.79 Å². The van der Waals surface area contributed by atoms with E-state index in [4.69, 9.17) is 4.42 Å². The summed E-state index contributed by atoms with van der Waals surface area (Å²) in [4.78, 5) is 17.7. The summed E-state index contributed by atoms with van der Waals surface area (Å²) in [7, 11) is 1.78. The summed E-state index contributed by atoms with van der Waals surface area (Å²) >= 11 is 0. The van der Waals surface area contributed by atoms with Crippen LogP contribution in [0, 0.1) is 0 Å². The topological polar surface area (TPSA) is 46.3 Å². The van der Waals surface area contributed by atoms with Crippen LogP contribution < -0.4 is 0 Å². The van der Waals surface area contributed by atoms with Gasteiger partial charge in [-0.1, -0.05) is 6.07 Å². The molecule has 2 heterocycles. The number of amides is 1. The molecule has 0 aromatic carbocycles. The van der Waals surface area contributed by atoms with Crippen LogP contribution in [0.2, 0.25) is 0 Å². The molecule has 0 bridgehead atoms. The van der Waals surface area contributed by atoms with E-state index in [1.54, 1.807) is 42.6 Å². The van der Waals surface area contributed by atoms with Gasteiger partial charge in [0.2, 0.25) is 5.91 Å². The minimum Gasteiger partial charge on any atom is -0.465 e. The summed E-state index contributed by atoms with van der Waals surface area (Å²) in [6.45, 7) is 0.637. The summed E-state index contributed by atoms with van der Waals surface area (Å²) in [6, 6.07) is 9.37. The van der Waals surface area contributed by atoms with E-state index < -0.39 is 0 Å². The van der Waals surface area contributed by atoms with Gasteiger partial charge in [-0.3, -0.25) is 9.78 Å². The number of aromatic nitrogens is 1. The van der Waals surface area contributed by atoms with Crippen LogP contribution in [0.1, 0.15) is 11.5 Å². The maximum absolute atomic E-state index is 11.8. The Bertz CT molecular complexity index is 533. The Morgan fingerprint density at radius 2 is 2.26 bits per heavy atom. The third kappa shape index (κ3) is 4.10. The van der Waals surface area contributed by atoms with E-state index in [1.807, 2.05) is 18.2 Å². The molecule has 0 saturated carbocycles. The zero-order valence-electron chi connectivity index (χ0n) is 10.8. The Balaban J connectivity index is 1.83. The zero-order chi connectivity index (χ0) is 13.5. The van der Waals surface area contributed by atoms with E-state index in [-0.39, 0.29) is 5.91 Å². The van der Waals surface area contributed by atoms with Crippen molar-refractivity contribution in [2.75, 3.05) is 13.6 Å². The van der Waals surface area contributed by atoms with Crippen molar-refractivity contribution >= 4 is 12.0 Å². The van der Waals surface area contributed by atoms with Gasteiger partial charge in [0, 0.05) is 38.0 Å². The van der Waals surface area contributed by atoms with Crippen molar-refractivity contribution < 1.29 is 9.21 Å². The summed E-state index contributed by atoms with van der Waals surface area (Å²) < 4.78 is 5.13. The van der Waals surface area contributed by atoms with Crippen molar-refractivity contribution in [3.63, 3.8) is 0 Å². The first kappa shape index (κ1) is 13.1.